The Morgan fingerprint density at radius 1 is 1.24 bits per heavy atom. The molecule has 0 amide bonds. The maximum Gasteiger partial charge on any atom is 0.218 e. The van der Waals surface area contributed by atoms with Crippen molar-refractivity contribution >= 4 is 15.9 Å². The second kappa shape index (κ2) is 8.15. The van der Waals surface area contributed by atoms with Crippen molar-refractivity contribution < 1.29 is 4.74 Å². The Hall–Kier alpha value is -1.39. The summed E-state index contributed by atoms with van der Waals surface area (Å²) in [6.45, 7) is 5.79. The van der Waals surface area contributed by atoms with Crippen LogP contribution in [0.5, 0.6) is 5.88 Å². The van der Waals surface area contributed by atoms with E-state index in [0.29, 0.717) is 12.5 Å². The molecular weight excluding hydrogens is 328 g/mol. The van der Waals surface area contributed by atoms with E-state index in [1.54, 1.807) is 6.20 Å². The fraction of sp³-hybridized carbons (Fsp3) is 0.353. The summed E-state index contributed by atoms with van der Waals surface area (Å²) < 4.78 is 6.98. The van der Waals surface area contributed by atoms with E-state index in [4.69, 9.17) is 4.74 Å². The fourth-order valence-corrected chi connectivity index (χ4v) is 2.49. The van der Waals surface area contributed by atoms with Gasteiger partial charge >= 0.3 is 0 Å². The third kappa shape index (κ3) is 4.55. The average Bonchev–Trinajstić information content (AvgIpc) is 2.52. The molecule has 0 radical (unpaired) electrons. The molecule has 0 aliphatic carbocycles. The highest BCUT2D eigenvalue weighted by molar-refractivity contribution is 9.10. The first-order chi connectivity index (χ1) is 10.2. The van der Waals surface area contributed by atoms with Gasteiger partial charge in [-0.3, -0.25) is 0 Å². The van der Waals surface area contributed by atoms with Gasteiger partial charge in [-0.2, -0.15) is 0 Å². The highest BCUT2D eigenvalue weighted by atomic mass is 79.9. The maximum atomic E-state index is 5.92. The molecule has 1 aromatic carbocycles. The molecule has 0 fully saturated rings. The molecule has 3 nitrogen and oxygen atoms in total. The summed E-state index contributed by atoms with van der Waals surface area (Å²) in [5.74, 6) is 0.698. The molecule has 0 saturated heterocycles. The molecule has 1 unspecified atom stereocenters. The summed E-state index contributed by atoms with van der Waals surface area (Å²) >= 11 is 3.54. The minimum Gasteiger partial charge on any atom is -0.473 e. The Morgan fingerprint density at radius 2 is 2.05 bits per heavy atom. The number of benzene rings is 1. The second-order valence-corrected chi connectivity index (χ2v) is 5.81. The predicted molar refractivity (Wildman–Crippen MR) is 89.4 cm³/mol. The molecule has 4 heteroatoms. The van der Waals surface area contributed by atoms with Gasteiger partial charge < -0.3 is 10.1 Å². The monoisotopic (exact) mass is 348 g/mol. The molecule has 2 rings (SSSR count). The summed E-state index contributed by atoms with van der Waals surface area (Å²) in [5, 5.41) is 3.47. The lowest BCUT2D eigenvalue weighted by atomic mass is 10.1. The van der Waals surface area contributed by atoms with Gasteiger partial charge in [0.05, 0.1) is 0 Å². The van der Waals surface area contributed by atoms with Crippen molar-refractivity contribution in [1.82, 2.24) is 10.3 Å². The zero-order valence-corrected chi connectivity index (χ0v) is 14.1. The third-order valence-corrected chi connectivity index (χ3v) is 4.06. The predicted octanol–water partition coefficient (Wildman–Crippen LogP) is 4.48. The summed E-state index contributed by atoms with van der Waals surface area (Å²) in [7, 11) is 0. The van der Waals surface area contributed by atoms with Crippen molar-refractivity contribution in [3.05, 3.63) is 58.2 Å². The largest absolute Gasteiger partial charge is 0.473 e. The first kappa shape index (κ1) is 16.0. The van der Waals surface area contributed by atoms with Crippen LogP contribution >= 0.6 is 15.9 Å². The van der Waals surface area contributed by atoms with Crippen LogP contribution in [-0.4, -0.2) is 11.5 Å². The number of rotatable bonds is 7. The molecular formula is C17H21BrN2O. The van der Waals surface area contributed by atoms with E-state index in [0.717, 1.165) is 28.6 Å². The lowest BCUT2D eigenvalue weighted by Gasteiger charge is -2.17. The van der Waals surface area contributed by atoms with Gasteiger partial charge in [0.1, 0.15) is 6.61 Å². The zero-order chi connectivity index (χ0) is 15.1. The SMILES string of the molecule is CCCNC(C)c1cccnc1OCc1ccccc1Br. The Morgan fingerprint density at radius 3 is 2.81 bits per heavy atom. The van der Waals surface area contributed by atoms with E-state index < -0.39 is 0 Å². The number of halogens is 1. The van der Waals surface area contributed by atoms with E-state index >= 15 is 0 Å². The Bertz CT molecular complexity index is 574. The molecule has 112 valence electrons. The first-order valence-electron chi connectivity index (χ1n) is 7.27. The lowest BCUT2D eigenvalue weighted by Crippen LogP contribution is -2.20. The number of ether oxygens (including phenoxy) is 1. The lowest BCUT2D eigenvalue weighted by molar-refractivity contribution is 0.286. The molecule has 0 bridgehead atoms. The number of nitrogens with one attached hydrogen (secondary N) is 1. The normalized spacial score (nSPS) is 12.1. The summed E-state index contributed by atoms with van der Waals surface area (Å²) in [6, 6.07) is 12.3. The van der Waals surface area contributed by atoms with Crippen molar-refractivity contribution in [3.8, 4) is 5.88 Å². The van der Waals surface area contributed by atoms with Crippen molar-refractivity contribution in [3.63, 3.8) is 0 Å². The molecule has 1 atom stereocenters. The smallest absolute Gasteiger partial charge is 0.218 e. The topological polar surface area (TPSA) is 34.2 Å². The van der Waals surface area contributed by atoms with E-state index in [1.165, 1.54) is 0 Å². The van der Waals surface area contributed by atoms with Gasteiger partial charge in [0.2, 0.25) is 5.88 Å². The first-order valence-corrected chi connectivity index (χ1v) is 8.06. The summed E-state index contributed by atoms with van der Waals surface area (Å²) in [4.78, 5) is 4.38. The minimum atomic E-state index is 0.230. The van der Waals surface area contributed by atoms with Gasteiger partial charge in [0, 0.05) is 27.8 Å². The number of hydrogen-bond donors (Lipinski definition) is 1. The Labute approximate surface area is 134 Å². The van der Waals surface area contributed by atoms with Crippen LogP contribution in [0.15, 0.2) is 47.1 Å². The standard InChI is InChI=1S/C17H21BrN2O/c1-3-10-19-13(2)15-8-6-11-20-17(15)21-12-14-7-4-5-9-16(14)18/h4-9,11,13,19H,3,10,12H2,1-2H3. The van der Waals surface area contributed by atoms with Crippen molar-refractivity contribution in [2.75, 3.05) is 6.54 Å². The quantitative estimate of drug-likeness (QED) is 0.800. The van der Waals surface area contributed by atoms with Crippen LogP contribution in [0.1, 0.15) is 37.4 Å². The fourth-order valence-electron chi connectivity index (χ4n) is 2.09. The van der Waals surface area contributed by atoms with Crippen molar-refractivity contribution in [2.24, 2.45) is 0 Å². The Balaban J connectivity index is 2.08. The molecule has 1 aromatic heterocycles. The molecule has 0 spiro atoms. The van der Waals surface area contributed by atoms with Crippen LogP contribution in [0.3, 0.4) is 0 Å². The number of aromatic nitrogens is 1. The highest BCUT2D eigenvalue weighted by Crippen LogP contribution is 2.24. The van der Waals surface area contributed by atoms with Crippen LogP contribution in [0.4, 0.5) is 0 Å². The van der Waals surface area contributed by atoms with Crippen LogP contribution in [0, 0.1) is 0 Å². The van der Waals surface area contributed by atoms with Crippen molar-refractivity contribution in [2.45, 2.75) is 32.9 Å². The van der Waals surface area contributed by atoms with E-state index in [-0.39, 0.29) is 6.04 Å². The second-order valence-electron chi connectivity index (χ2n) is 4.95. The maximum absolute atomic E-state index is 5.92. The molecule has 21 heavy (non-hydrogen) atoms. The van der Waals surface area contributed by atoms with E-state index in [9.17, 15) is 0 Å². The molecule has 0 saturated carbocycles. The van der Waals surface area contributed by atoms with Crippen LogP contribution in [0.2, 0.25) is 0 Å². The number of hydrogen-bond acceptors (Lipinski definition) is 3. The Kier molecular flexibility index (Phi) is 6.21. The summed E-state index contributed by atoms with van der Waals surface area (Å²) in [5.41, 5.74) is 2.21. The minimum absolute atomic E-state index is 0.230. The van der Waals surface area contributed by atoms with Gasteiger partial charge in [-0.25, -0.2) is 4.98 Å². The molecule has 1 heterocycles. The molecule has 0 aliphatic rings. The summed E-state index contributed by atoms with van der Waals surface area (Å²) in [6.07, 6.45) is 2.88. The van der Waals surface area contributed by atoms with Gasteiger partial charge in [0.15, 0.2) is 0 Å². The van der Waals surface area contributed by atoms with E-state index in [2.05, 4.69) is 46.1 Å². The van der Waals surface area contributed by atoms with Crippen LogP contribution < -0.4 is 10.1 Å². The molecule has 0 aliphatic heterocycles. The van der Waals surface area contributed by atoms with Gasteiger partial charge in [-0.05, 0) is 32.0 Å². The van der Waals surface area contributed by atoms with E-state index in [1.807, 2.05) is 30.3 Å². The number of nitrogens with zero attached hydrogens (tertiary/aromatic N) is 1. The highest BCUT2D eigenvalue weighted by Gasteiger charge is 2.12. The zero-order valence-electron chi connectivity index (χ0n) is 12.5. The van der Waals surface area contributed by atoms with Gasteiger partial charge in [-0.1, -0.05) is 47.1 Å². The molecule has 2 aromatic rings. The van der Waals surface area contributed by atoms with Crippen molar-refractivity contribution in [1.29, 1.82) is 0 Å². The van der Waals surface area contributed by atoms with Crippen LogP contribution in [-0.2, 0) is 6.61 Å². The molecule has 1 N–H and O–H groups in total. The van der Waals surface area contributed by atoms with Gasteiger partial charge in [0.25, 0.3) is 0 Å². The number of pyridine rings is 1. The van der Waals surface area contributed by atoms with Crippen LogP contribution in [0.25, 0.3) is 0 Å². The third-order valence-electron chi connectivity index (χ3n) is 3.29. The average molecular weight is 349 g/mol. The van der Waals surface area contributed by atoms with Gasteiger partial charge in [-0.15, -0.1) is 0 Å².